The summed E-state index contributed by atoms with van der Waals surface area (Å²) in [6, 6.07) is 5.30. The van der Waals surface area contributed by atoms with Crippen LogP contribution in [0.4, 0.5) is 5.69 Å². The lowest BCUT2D eigenvalue weighted by Gasteiger charge is -2.21. The second-order valence-electron chi connectivity index (χ2n) is 4.50. The molecule has 1 aliphatic heterocycles. The second-order valence-corrected chi connectivity index (χ2v) is 6.58. The van der Waals surface area contributed by atoms with E-state index in [0.29, 0.717) is 17.2 Å². The van der Waals surface area contributed by atoms with Gasteiger partial charge >= 0.3 is 0 Å². The van der Waals surface area contributed by atoms with E-state index < -0.39 is 0 Å². The molecule has 1 heterocycles. The molecule has 5 heteroatoms. The molecule has 0 radical (unpaired) electrons. The molecule has 18 heavy (non-hydrogen) atoms. The number of benzene rings is 1. The van der Waals surface area contributed by atoms with Crippen LogP contribution < -0.4 is 11.1 Å². The van der Waals surface area contributed by atoms with E-state index in [0.717, 1.165) is 11.0 Å². The minimum atomic E-state index is -0.0348. The Balaban J connectivity index is 1.88. The number of hydrogen-bond donors (Lipinski definition) is 2. The summed E-state index contributed by atoms with van der Waals surface area (Å²) in [7, 11) is 0. The van der Waals surface area contributed by atoms with Gasteiger partial charge in [-0.3, -0.25) is 4.79 Å². The van der Waals surface area contributed by atoms with Crippen LogP contribution in [0, 0.1) is 5.92 Å². The Hall–Kier alpha value is -0.680. The smallest absolute Gasteiger partial charge is 0.251 e. The molecule has 1 saturated heterocycles. The quantitative estimate of drug-likeness (QED) is 0.839. The lowest BCUT2D eigenvalue weighted by Crippen LogP contribution is -2.31. The molecule has 3 nitrogen and oxygen atoms in total. The molecule has 1 fully saturated rings. The zero-order chi connectivity index (χ0) is 13.0. The Morgan fingerprint density at radius 3 is 2.83 bits per heavy atom. The molecule has 0 unspecified atom stereocenters. The maximum atomic E-state index is 12.0. The van der Waals surface area contributed by atoms with Crippen LogP contribution in [0.25, 0.3) is 0 Å². The van der Waals surface area contributed by atoms with E-state index in [4.69, 9.17) is 5.73 Å². The van der Waals surface area contributed by atoms with Gasteiger partial charge in [-0.2, -0.15) is 11.8 Å². The Morgan fingerprint density at radius 1 is 1.44 bits per heavy atom. The highest BCUT2D eigenvalue weighted by Crippen LogP contribution is 2.22. The Labute approximate surface area is 120 Å². The van der Waals surface area contributed by atoms with Crippen molar-refractivity contribution in [3.63, 3.8) is 0 Å². The minimum absolute atomic E-state index is 0.0348. The van der Waals surface area contributed by atoms with E-state index in [2.05, 4.69) is 21.2 Å². The zero-order valence-electron chi connectivity index (χ0n) is 10.1. The molecular formula is C13H17BrN2OS. The van der Waals surface area contributed by atoms with Crippen LogP contribution in [-0.2, 0) is 0 Å². The van der Waals surface area contributed by atoms with Crippen molar-refractivity contribution < 1.29 is 4.79 Å². The number of thioether (sulfide) groups is 1. The van der Waals surface area contributed by atoms with Crippen molar-refractivity contribution in [2.24, 2.45) is 5.92 Å². The summed E-state index contributed by atoms with van der Waals surface area (Å²) in [6.45, 7) is 0.773. The number of hydrogen-bond acceptors (Lipinski definition) is 3. The van der Waals surface area contributed by atoms with Crippen molar-refractivity contribution in [2.45, 2.75) is 12.8 Å². The topological polar surface area (TPSA) is 55.1 Å². The third-order valence-corrected chi connectivity index (χ3v) is 4.92. The first-order valence-electron chi connectivity index (χ1n) is 6.08. The Kier molecular flexibility index (Phi) is 4.95. The molecule has 0 saturated carbocycles. The van der Waals surface area contributed by atoms with Gasteiger partial charge in [0.25, 0.3) is 5.91 Å². The highest BCUT2D eigenvalue weighted by Gasteiger charge is 2.15. The molecule has 1 aliphatic rings. The Bertz CT molecular complexity index is 433. The van der Waals surface area contributed by atoms with Crippen molar-refractivity contribution >= 4 is 39.3 Å². The molecule has 0 aliphatic carbocycles. The van der Waals surface area contributed by atoms with Gasteiger partial charge in [0.2, 0.25) is 0 Å². The molecule has 0 atom stereocenters. The minimum Gasteiger partial charge on any atom is -0.398 e. The molecular weight excluding hydrogens is 312 g/mol. The first kappa shape index (κ1) is 13.7. The number of nitrogen functional groups attached to an aromatic ring is 1. The average Bonchev–Trinajstić information content (AvgIpc) is 2.40. The molecule has 1 aromatic carbocycles. The number of halogens is 1. The van der Waals surface area contributed by atoms with Gasteiger partial charge in [-0.05, 0) is 64.4 Å². The molecule has 3 N–H and O–H groups in total. The van der Waals surface area contributed by atoms with Crippen LogP contribution >= 0.6 is 27.7 Å². The van der Waals surface area contributed by atoms with Crippen LogP contribution in [0.3, 0.4) is 0 Å². The largest absolute Gasteiger partial charge is 0.398 e. The van der Waals surface area contributed by atoms with E-state index in [1.807, 2.05) is 17.8 Å². The Morgan fingerprint density at radius 2 is 2.17 bits per heavy atom. The zero-order valence-corrected chi connectivity index (χ0v) is 12.5. The summed E-state index contributed by atoms with van der Waals surface area (Å²) >= 11 is 5.32. The molecule has 0 spiro atoms. The number of nitrogens with two attached hydrogens (primary N) is 1. The fraction of sp³-hybridized carbons (Fsp3) is 0.462. The van der Waals surface area contributed by atoms with Crippen molar-refractivity contribution in [3.8, 4) is 0 Å². The standard InChI is InChI=1S/C13H17BrN2OS/c14-11-2-1-10(7-12(11)15)13(17)16-8-9-3-5-18-6-4-9/h1-2,7,9H,3-6,8,15H2,(H,16,17). The molecule has 1 aromatic rings. The average molecular weight is 329 g/mol. The van der Waals surface area contributed by atoms with Crippen LogP contribution in [-0.4, -0.2) is 24.0 Å². The number of amides is 1. The van der Waals surface area contributed by atoms with Crippen LogP contribution in [0.15, 0.2) is 22.7 Å². The van der Waals surface area contributed by atoms with Gasteiger partial charge in [0, 0.05) is 22.3 Å². The van der Waals surface area contributed by atoms with Crippen molar-refractivity contribution in [1.82, 2.24) is 5.32 Å². The predicted octanol–water partition coefficient (Wildman–Crippen LogP) is 2.90. The number of rotatable bonds is 3. The molecule has 0 bridgehead atoms. The third-order valence-electron chi connectivity index (χ3n) is 3.15. The predicted molar refractivity (Wildman–Crippen MR) is 80.9 cm³/mol. The van der Waals surface area contributed by atoms with Crippen LogP contribution in [0.2, 0.25) is 0 Å². The number of anilines is 1. The maximum Gasteiger partial charge on any atom is 0.251 e. The van der Waals surface area contributed by atoms with E-state index >= 15 is 0 Å². The fourth-order valence-electron chi connectivity index (χ4n) is 1.97. The molecule has 1 amide bonds. The fourth-order valence-corrected chi connectivity index (χ4v) is 3.43. The number of carbonyl (C=O) groups is 1. The normalized spacial score (nSPS) is 16.5. The van der Waals surface area contributed by atoms with E-state index in [-0.39, 0.29) is 5.91 Å². The van der Waals surface area contributed by atoms with Crippen LogP contribution in [0.1, 0.15) is 23.2 Å². The van der Waals surface area contributed by atoms with Crippen molar-refractivity contribution in [2.75, 3.05) is 23.8 Å². The van der Waals surface area contributed by atoms with E-state index in [9.17, 15) is 4.79 Å². The first-order chi connectivity index (χ1) is 8.66. The summed E-state index contributed by atoms with van der Waals surface area (Å²) in [6.07, 6.45) is 2.40. The lowest BCUT2D eigenvalue weighted by molar-refractivity contribution is 0.0946. The van der Waals surface area contributed by atoms with Crippen molar-refractivity contribution in [1.29, 1.82) is 0 Å². The maximum absolute atomic E-state index is 12.0. The summed E-state index contributed by atoms with van der Waals surface area (Å²) in [5.41, 5.74) is 6.99. The van der Waals surface area contributed by atoms with Gasteiger partial charge in [-0.25, -0.2) is 0 Å². The van der Waals surface area contributed by atoms with E-state index in [1.54, 1.807) is 12.1 Å². The van der Waals surface area contributed by atoms with Gasteiger partial charge in [-0.1, -0.05) is 0 Å². The lowest BCUT2D eigenvalue weighted by atomic mass is 10.0. The van der Waals surface area contributed by atoms with Crippen LogP contribution in [0.5, 0.6) is 0 Å². The molecule has 98 valence electrons. The van der Waals surface area contributed by atoms with Gasteiger partial charge in [0.05, 0.1) is 0 Å². The summed E-state index contributed by atoms with van der Waals surface area (Å²) < 4.78 is 0.823. The monoisotopic (exact) mass is 328 g/mol. The summed E-state index contributed by atoms with van der Waals surface area (Å²) in [4.78, 5) is 12.0. The molecule has 0 aromatic heterocycles. The first-order valence-corrected chi connectivity index (χ1v) is 8.02. The van der Waals surface area contributed by atoms with Gasteiger partial charge < -0.3 is 11.1 Å². The number of nitrogens with one attached hydrogen (secondary N) is 1. The number of carbonyl (C=O) groups excluding carboxylic acids is 1. The summed E-state index contributed by atoms with van der Waals surface area (Å²) in [5.74, 6) is 3.02. The SMILES string of the molecule is Nc1cc(C(=O)NCC2CCSCC2)ccc1Br. The van der Waals surface area contributed by atoms with Gasteiger partial charge in [0.15, 0.2) is 0 Å². The second kappa shape index (κ2) is 6.48. The molecule has 2 rings (SSSR count). The summed E-state index contributed by atoms with van der Waals surface area (Å²) in [5, 5.41) is 3.00. The highest BCUT2D eigenvalue weighted by atomic mass is 79.9. The highest BCUT2D eigenvalue weighted by molar-refractivity contribution is 9.10. The van der Waals surface area contributed by atoms with Gasteiger partial charge in [-0.15, -0.1) is 0 Å². The van der Waals surface area contributed by atoms with Gasteiger partial charge in [0.1, 0.15) is 0 Å². The van der Waals surface area contributed by atoms with Crippen molar-refractivity contribution in [3.05, 3.63) is 28.2 Å². The third kappa shape index (κ3) is 3.65. The van der Waals surface area contributed by atoms with E-state index in [1.165, 1.54) is 24.3 Å².